The molecular formula is C34H47N3O4. The normalized spacial score (nSPS) is 44.3. The molecule has 8 atom stereocenters. The fraction of sp³-hybridized carbons (Fsp3) is 0.765. The Morgan fingerprint density at radius 2 is 1.78 bits per heavy atom. The van der Waals surface area contributed by atoms with Crippen molar-refractivity contribution in [1.29, 1.82) is 5.26 Å². The van der Waals surface area contributed by atoms with E-state index >= 15 is 0 Å². The highest BCUT2D eigenvalue weighted by molar-refractivity contribution is 5.95. The Morgan fingerprint density at radius 1 is 1.07 bits per heavy atom. The molecule has 3 saturated carbocycles. The molecule has 1 N–H and O–H groups in total. The molecule has 0 bridgehead atoms. The van der Waals surface area contributed by atoms with Crippen LogP contribution in [0.4, 0.5) is 0 Å². The van der Waals surface area contributed by atoms with Crippen molar-refractivity contribution in [3.63, 3.8) is 0 Å². The van der Waals surface area contributed by atoms with E-state index in [9.17, 15) is 15.2 Å². The van der Waals surface area contributed by atoms with Crippen molar-refractivity contribution in [1.82, 2.24) is 10.2 Å². The van der Waals surface area contributed by atoms with Crippen LogP contribution in [0.15, 0.2) is 27.7 Å². The Kier molecular flexibility index (Phi) is 6.22. The number of ether oxygens (including phenoxy) is 1. The number of aromatic nitrogens is 2. The van der Waals surface area contributed by atoms with Crippen molar-refractivity contribution in [3.05, 3.63) is 35.1 Å². The highest BCUT2D eigenvalue weighted by Gasteiger charge is 2.70. The van der Waals surface area contributed by atoms with Crippen LogP contribution in [0.25, 0.3) is 0 Å². The number of carbonyl (C=O) groups excluding carboxylic acids is 1. The quantitative estimate of drug-likeness (QED) is 0.450. The lowest BCUT2D eigenvalue weighted by Gasteiger charge is -2.69. The fourth-order valence-electron chi connectivity index (χ4n) is 10.8. The molecule has 5 aliphatic rings. The maximum Gasteiger partial charge on any atom is 0.242 e. The Balaban J connectivity index is 1.51. The first-order valence-corrected chi connectivity index (χ1v) is 15.5. The molecule has 7 heteroatoms. The first-order valence-electron chi connectivity index (χ1n) is 15.5. The average Bonchev–Trinajstić information content (AvgIpc) is 3.37. The van der Waals surface area contributed by atoms with E-state index in [-0.39, 0.29) is 51.8 Å². The molecule has 5 aliphatic carbocycles. The molecule has 41 heavy (non-hydrogen) atoms. The third-order valence-electron chi connectivity index (χ3n) is 13.2. The summed E-state index contributed by atoms with van der Waals surface area (Å²) in [5, 5.41) is 30.1. The molecule has 0 radical (unpaired) electrons. The van der Waals surface area contributed by atoms with Gasteiger partial charge in [-0.25, -0.2) is 0 Å². The van der Waals surface area contributed by atoms with E-state index < -0.39 is 16.9 Å². The Bertz CT molecular complexity index is 1380. The summed E-state index contributed by atoms with van der Waals surface area (Å²) >= 11 is 0. The Morgan fingerprint density at radius 3 is 2.46 bits per heavy atom. The number of fused-ring (bicyclic) bond motifs is 7. The predicted molar refractivity (Wildman–Crippen MR) is 154 cm³/mol. The smallest absolute Gasteiger partial charge is 0.242 e. The highest BCUT2D eigenvalue weighted by Crippen LogP contribution is 2.74. The standard InChI is InChI=1S/C34H47N3O4/c1-29(2)11-13-34(28-37-36-25(41-28)19-40-8)14-12-33(7)26(21(34)17-29)22(38)15-24-31(5)16-20(18-35)27(39)30(3,4)23(31)9-10-32(24,33)6/h15-16,21,23,26-27,39H,9-14,17,19H2,1-8H3/t21-,23+,26?,27?,31+,32-,33-,34+/m1/s1. The lowest BCUT2D eigenvalue weighted by molar-refractivity contribution is -0.162. The van der Waals surface area contributed by atoms with Gasteiger partial charge in [0.05, 0.1) is 23.2 Å². The summed E-state index contributed by atoms with van der Waals surface area (Å²) in [6.45, 7) is 16.1. The summed E-state index contributed by atoms with van der Waals surface area (Å²) < 4.78 is 11.6. The minimum atomic E-state index is -0.796. The van der Waals surface area contributed by atoms with E-state index in [1.54, 1.807) is 7.11 Å². The molecule has 1 aromatic rings. The largest absolute Gasteiger partial charge is 0.422 e. The van der Waals surface area contributed by atoms with E-state index in [4.69, 9.17) is 9.15 Å². The lowest BCUT2D eigenvalue weighted by atomic mass is 9.34. The summed E-state index contributed by atoms with van der Waals surface area (Å²) in [7, 11) is 1.63. The molecule has 0 aromatic carbocycles. The summed E-state index contributed by atoms with van der Waals surface area (Å²) in [4.78, 5) is 14.7. The Hall–Kier alpha value is -2.30. The topological polar surface area (TPSA) is 109 Å². The number of carbonyl (C=O) groups is 1. The summed E-state index contributed by atoms with van der Waals surface area (Å²) in [6, 6.07) is 2.30. The van der Waals surface area contributed by atoms with Crippen molar-refractivity contribution in [2.75, 3.05) is 7.11 Å². The van der Waals surface area contributed by atoms with Crippen LogP contribution in [0.2, 0.25) is 0 Å². The van der Waals surface area contributed by atoms with Crippen LogP contribution in [-0.2, 0) is 21.6 Å². The molecule has 0 amide bonds. The summed E-state index contributed by atoms with van der Waals surface area (Å²) in [6.07, 6.45) is 9.87. The van der Waals surface area contributed by atoms with Crippen LogP contribution >= 0.6 is 0 Å². The number of methoxy groups -OCH3 is 1. The van der Waals surface area contributed by atoms with E-state index in [0.717, 1.165) is 44.9 Å². The number of aliphatic hydroxyl groups excluding tert-OH is 1. The minimum Gasteiger partial charge on any atom is -0.422 e. The van der Waals surface area contributed by atoms with Gasteiger partial charge < -0.3 is 14.3 Å². The van der Waals surface area contributed by atoms with Crippen molar-refractivity contribution in [2.24, 2.45) is 44.8 Å². The van der Waals surface area contributed by atoms with Gasteiger partial charge >= 0.3 is 0 Å². The van der Waals surface area contributed by atoms with Gasteiger partial charge in [0.1, 0.15) is 6.61 Å². The highest BCUT2D eigenvalue weighted by atomic mass is 16.5. The number of hydrogen-bond acceptors (Lipinski definition) is 7. The minimum absolute atomic E-state index is 0.100. The maximum absolute atomic E-state index is 14.7. The monoisotopic (exact) mass is 561 g/mol. The number of hydrogen-bond donors (Lipinski definition) is 1. The van der Waals surface area contributed by atoms with Crippen LogP contribution in [0.1, 0.15) is 105 Å². The third kappa shape index (κ3) is 3.65. The lowest BCUT2D eigenvalue weighted by Crippen LogP contribution is -2.65. The van der Waals surface area contributed by atoms with Crippen molar-refractivity contribution >= 4 is 5.78 Å². The molecule has 1 heterocycles. The van der Waals surface area contributed by atoms with E-state index in [1.807, 2.05) is 12.2 Å². The summed E-state index contributed by atoms with van der Waals surface area (Å²) in [5.41, 5.74) is -0.00143. The number of rotatable bonds is 3. The fourth-order valence-corrected chi connectivity index (χ4v) is 10.8. The first kappa shape index (κ1) is 28.8. The van der Waals surface area contributed by atoms with Gasteiger partial charge in [-0.3, -0.25) is 4.79 Å². The van der Waals surface area contributed by atoms with Crippen molar-refractivity contribution in [3.8, 4) is 6.07 Å². The molecule has 1 aromatic heterocycles. The average molecular weight is 562 g/mol. The maximum atomic E-state index is 14.7. The van der Waals surface area contributed by atoms with E-state index in [2.05, 4.69) is 64.7 Å². The second-order valence-corrected chi connectivity index (χ2v) is 16.1. The zero-order valence-electron chi connectivity index (χ0n) is 26.1. The second kappa shape index (κ2) is 8.86. The number of nitrogens with zero attached hydrogens (tertiary/aromatic N) is 3. The number of nitriles is 1. The van der Waals surface area contributed by atoms with Gasteiger partial charge in [-0.05, 0) is 84.5 Å². The van der Waals surface area contributed by atoms with Crippen molar-refractivity contribution in [2.45, 2.75) is 112 Å². The molecule has 222 valence electrons. The second-order valence-electron chi connectivity index (χ2n) is 16.1. The molecule has 0 aliphatic heterocycles. The molecule has 6 rings (SSSR count). The van der Waals surface area contributed by atoms with Gasteiger partial charge in [0.25, 0.3) is 0 Å². The Labute approximate surface area is 244 Å². The third-order valence-corrected chi connectivity index (χ3v) is 13.2. The van der Waals surface area contributed by atoms with Gasteiger partial charge in [0.2, 0.25) is 11.8 Å². The number of allylic oxidation sites excluding steroid dienone is 3. The zero-order chi connectivity index (χ0) is 29.8. The predicted octanol–water partition coefficient (Wildman–Crippen LogP) is 6.48. The number of aliphatic hydroxyl groups is 1. The van der Waals surface area contributed by atoms with Gasteiger partial charge in [0.15, 0.2) is 5.78 Å². The molecular weight excluding hydrogens is 514 g/mol. The molecule has 7 nitrogen and oxygen atoms in total. The van der Waals surface area contributed by atoms with E-state index in [0.29, 0.717) is 17.4 Å². The molecule has 3 fully saturated rings. The molecule has 0 saturated heterocycles. The van der Waals surface area contributed by atoms with Crippen LogP contribution < -0.4 is 0 Å². The van der Waals surface area contributed by atoms with Gasteiger partial charge in [0, 0.05) is 18.4 Å². The van der Waals surface area contributed by atoms with Crippen LogP contribution in [0, 0.1) is 56.2 Å². The van der Waals surface area contributed by atoms with Crippen LogP contribution in [0.3, 0.4) is 0 Å². The molecule has 2 unspecified atom stereocenters. The zero-order valence-corrected chi connectivity index (χ0v) is 26.1. The van der Waals surface area contributed by atoms with Gasteiger partial charge in [-0.2, -0.15) is 5.26 Å². The van der Waals surface area contributed by atoms with E-state index in [1.165, 1.54) is 5.57 Å². The van der Waals surface area contributed by atoms with Crippen LogP contribution in [-0.4, -0.2) is 34.3 Å². The number of ketones is 1. The van der Waals surface area contributed by atoms with Crippen LogP contribution in [0.5, 0.6) is 0 Å². The first-order chi connectivity index (χ1) is 19.1. The summed E-state index contributed by atoms with van der Waals surface area (Å²) in [5.74, 6) is 1.48. The SMILES string of the molecule is COCc1nnc([C@]23CCC(C)(C)C[C@@H]2C2C(=O)C=C4[C@@]5(C)C=C(C#N)C(O)C(C)(C)[C@@H]5CC[C@@]4(C)[C@]2(C)CC3)o1. The molecule has 0 spiro atoms. The van der Waals surface area contributed by atoms with Gasteiger partial charge in [-0.15, -0.1) is 10.2 Å². The van der Waals surface area contributed by atoms with Gasteiger partial charge in [-0.1, -0.05) is 60.1 Å². The van der Waals surface area contributed by atoms with Crippen molar-refractivity contribution < 1.29 is 19.1 Å².